The highest BCUT2D eigenvalue weighted by Crippen LogP contribution is 2.14. The summed E-state index contributed by atoms with van der Waals surface area (Å²) >= 11 is 0. The van der Waals surface area contributed by atoms with Gasteiger partial charge in [-0.25, -0.2) is 17.2 Å². The Kier molecular flexibility index (Phi) is 3.96. The predicted molar refractivity (Wildman–Crippen MR) is 65.8 cm³/mol. The standard InChI is InChI=1S/C12H13F2NO3S/c13-8-1-2-11(14)10(5-8)12(16)6-9-7-19(17,18)4-3-15-9/h1-2,5,9,15H,3-4,6-7H2. The Hall–Kier alpha value is -1.34. The summed E-state index contributed by atoms with van der Waals surface area (Å²) in [5, 5.41) is 2.89. The van der Waals surface area contributed by atoms with Gasteiger partial charge in [0.15, 0.2) is 15.6 Å². The van der Waals surface area contributed by atoms with Crippen LogP contribution in [0.2, 0.25) is 0 Å². The third-order valence-corrected chi connectivity index (χ3v) is 4.70. The van der Waals surface area contributed by atoms with Crippen molar-refractivity contribution in [2.24, 2.45) is 0 Å². The fourth-order valence-electron chi connectivity index (χ4n) is 2.04. The van der Waals surface area contributed by atoms with Crippen molar-refractivity contribution in [2.45, 2.75) is 12.5 Å². The number of carbonyl (C=O) groups is 1. The van der Waals surface area contributed by atoms with Gasteiger partial charge >= 0.3 is 0 Å². The molecule has 1 aromatic carbocycles. The first-order valence-corrected chi connectivity index (χ1v) is 7.61. The molecule has 0 radical (unpaired) electrons. The maximum atomic E-state index is 13.4. The lowest BCUT2D eigenvalue weighted by molar-refractivity contribution is 0.0967. The lowest BCUT2D eigenvalue weighted by Gasteiger charge is -2.23. The summed E-state index contributed by atoms with van der Waals surface area (Å²) in [6.45, 7) is 0.270. The first-order valence-electron chi connectivity index (χ1n) is 5.79. The zero-order chi connectivity index (χ0) is 14.0. The number of Topliss-reactive ketones (excluding diaryl/α,β-unsaturated/α-hetero) is 1. The van der Waals surface area contributed by atoms with Crippen LogP contribution in [0.1, 0.15) is 16.8 Å². The molecular formula is C12H13F2NO3S. The molecule has 1 aromatic rings. The lowest BCUT2D eigenvalue weighted by Crippen LogP contribution is -2.46. The number of rotatable bonds is 3. The molecule has 0 spiro atoms. The minimum absolute atomic E-state index is 0.0337. The average molecular weight is 289 g/mol. The summed E-state index contributed by atoms with van der Waals surface area (Å²) < 4.78 is 49.2. The van der Waals surface area contributed by atoms with Crippen LogP contribution >= 0.6 is 0 Å². The van der Waals surface area contributed by atoms with Crippen molar-refractivity contribution in [3.05, 3.63) is 35.4 Å². The van der Waals surface area contributed by atoms with Crippen LogP contribution in [0, 0.1) is 11.6 Å². The zero-order valence-corrected chi connectivity index (χ0v) is 10.8. The van der Waals surface area contributed by atoms with Crippen molar-refractivity contribution in [2.75, 3.05) is 18.1 Å². The Balaban J connectivity index is 2.11. The van der Waals surface area contributed by atoms with Gasteiger partial charge < -0.3 is 5.32 Å². The maximum Gasteiger partial charge on any atom is 0.167 e. The van der Waals surface area contributed by atoms with Crippen LogP contribution in [0.3, 0.4) is 0 Å². The number of halogens is 2. The molecule has 1 aliphatic heterocycles. The first kappa shape index (κ1) is 14.1. The van der Waals surface area contributed by atoms with Gasteiger partial charge in [0, 0.05) is 19.0 Å². The van der Waals surface area contributed by atoms with Crippen LogP contribution in [-0.4, -0.2) is 38.3 Å². The van der Waals surface area contributed by atoms with Gasteiger partial charge in [-0.15, -0.1) is 0 Å². The van der Waals surface area contributed by atoms with Crippen molar-refractivity contribution in [3.63, 3.8) is 0 Å². The minimum Gasteiger partial charge on any atom is -0.312 e. The molecule has 2 rings (SSSR count). The van der Waals surface area contributed by atoms with Gasteiger partial charge in [-0.05, 0) is 18.2 Å². The molecule has 19 heavy (non-hydrogen) atoms. The van der Waals surface area contributed by atoms with Gasteiger partial charge in [-0.1, -0.05) is 0 Å². The van der Waals surface area contributed by atoms with Crippen molar-refractivity contribution < 1.29 is 22.0 Å². The molecule has 0 saturated carbocycles. The van der Waals surface area contributed by atoms with E-state index < -0.39 is 33.3 Å². The van der Waals surface area contributed by atoms with E-state index in [0.717, 1.165) is 18.2 Å². The molecule has 0 aromatic heterocycles. The summed E-state index contributed by atoms with van der Waals surface area (Å²) in [5.74, 6) is -2.23. The molecule has 1 heterocycles. The summed E-state index contributed by atoms with van der Waals surface area (Å²) in [4.78, 5) is 11.9. The molecule has 1 unspecified atom stereocenters. The largest absolute Gasteiger partial charge is 0.312 e. The predicted octanol–water partition coefficient (Wildman–Crippen LogP) is 0.924. The Labute approximate surface area is 109 Å². The van der Waals surface area contributed by atoms with Gasteiger partial charge in [0.05, 0.1) is 17.1 Å². The molecule has 1 fully saturated rings. The van der Waals surface area contributed by atoms with E-state index in [9.17, 15) is 22.0 Å². The molecule has 1 atom stereocenters. The first-order chi connectivity index (χ1) is 8.87. The van der Waals surface area contributed by atoms with Crippen LogP contribution < -0.4 is 5.32 Å². The van der Waals surface area contributed by atoms with Crippen molar-refractivity contribution in [1.29, 1.82) is 0 Å². The molecule has 4 nitrogen and oxygen atoms in total. The molecule has 1 N–H and O–H groups in total. The van der Waals surface area contributed by atoms with Gasteiger partial charge in [0.25, 0.3) is 0 Å². The van der Waals surface area contributed by atoms with Crippen LogP contribution in [0.15, 0.2) is 18.2 Å². The zero-order valence-electron chi connectivity index (χ0n) is 10.0. The normalized spacial score (nSPS) is 22.1. The van der Waals surface area contributed by atoms with Gasteiger partial charge in [-0.3, -0.25) is 4.79 Å². The van der Waals surface area contributed by atoms with Crippen LogP contribution in [0.4, 0.5) is 8.78 Å². The second-order valence-corrected chi connectivity index (χ2v) is 6.75. The molecule has 0 amide bonds. The highest BCUT2D eigenvalue weighted by molar-refractivity contribution is 7.91. The quantitative estimate of drug-likeness (QED) is 0.841. The Morgan fingerprint density at radius 1 is 1.37 bits per heavy atom. The number of nitrogens with one attached hydrogen (secondary N) is 1. The Morgan fingerprint density at radius 2 is 2.11 bits per heavy atom. The molecule has 104 valence electrons. The maximum absolute atomic E-state index is 13.4. The third-order valence-electron chi connectivity index (χ3n) is 2.96. The number of ketones is 1. The number of hydrogen-bond donors (Lipinski definition) is 1. The summed E-state index contributed by atoms with van der Waals surface area (Å²) in [5.41, 5.74) is -0.343. The van der Waals surface area contributed by atoms with E-state index in [1.54, 1.807) is 0 Å². The van der Waals surface area contributed by atoms with E-state index in [0.29, 0.717) is 0 Å². The molecule has 0 aliphatic carbocycles. The Morgan fingerprint density at radius 3 is 2.79 bits per heavy atom. The van der Waals surface area contributed by atoms with Crippen LogP contribution in [0.25, 0.3) is 0 Å². The SMILES string of the molecule is O=C(CC1CS(=O)(=O)CCN1)c1cc(F)ccc1F. The van der Waals surface area contributed by atoms with Crippen molar-refractivity contribution >= 4 is 15.6 Å². The van der Waals surface area contributed by atoms with Crippen LogP contribution in [-0.2, 0) is 9.84 Å². The number of carbonyl (C=O) groups excluding carboxylic acids is 1. The van der Waals surface area contributed by atoms with E-state index >= 15 is 0 Å². The van der Waals surface area contributed by atoms with Gasteiger partial charge in [-0.2, -0.15) is 0 Å². The van der Waals surface area contributed by atoms with E-state index in [1.165, 1.54) is 0 Å². The van der Waals surface area contributed by atoms with Gasteiger partial charge in [0.1, 0.15) is 11.6 Å². The number of hydrogen-bond acceptors (Lipinski definition) is 4. The second kappa shape index (κ2) is 5.34. The van der Waals surface area contributed by atoms with Crippen molar-refractivity contribution in [3.8, 4) is 0 Å². The highest BCUT2D eigenvalue weighted by Gasteiger charge is 2.27. The fraction of sp³-hybridized carbons (Fsp3) is 0.417. The number of benzene rings is 1. The average Bonchev–Trinajstić information content (AvgIpc) is 2.31. The highest BCUT2D eigenvalue weighted by atomic mass is 32.2. The molecular weight excluding hydrogens is 276 g/mol. The molecule has 0 bridgehead atoms. The summed E-state index contributed by atoms with van der Waals surface area (Å²) in [6.07, 6.45) is -0.167. The van der Waals surface area contributed by atoms with Gasteiger partial charge in [0.2, 0.25) is 0 Å². The molecule has 1 aliphatic rings. The summed E-state index contributed by atoms with van der Waals surface area (Å²) in [7, 11) is -3.16. The van der Waals surface area contributed by atoms with Crippen LogP contribution in [0.5, 0.6) is 0 Å². The minimum atomic E-state index is -3.16. The third kappa shape index (κ3) is 3.57. The monoisotopic (exact) mass is 289 g/mol. The van der Waals surface area contributed by atoms with Crippen molar-refractivity contribution in [1.82, 2.24) is 5.32 Å². The van der Waals surface area contributed by atoms with E-state index in [4.69, 9.17) is 0 Å². The fourth-order valence-corrected chi connectivity index (χ4v) is 3.49. The van der Waals surface area contributed by atoms with E-state index in [1.807, 2.05) is 0 Å². The van der Waals surface area contributed by atoms with E-state index in [2.05, 4.69) is 5.32 Å². The molecule has 1 saturated heterocycles. The summed E-state index contributed by atoms with van der Waals surface area (Å²) in [6, 6.07) is 2.09. The topological polar surface area (TPSA) is 63.2 Å². The Bertz CT molecular complexity index is 601. The number of sulfone groups is 1. The smallest absolute Gasteiger partial charge is 0.167 e. The van der Waals surface area contributed by atoms with E-state index in [-0.39, 0.29) is 30.0 Å². The molecule has 7 heteroatoms. The lowest BCUT2D eigenvalue weighted by atomic mass is 10.0. The second-order valence-electron chi connectivity index (χ2n) is 4.52.